The lowest BCUT2D eigenvalue weighted by molar-refractivity contribution is 0.0343. The Hall–Kier alpha value is -1.53. The lowest BCUT2D eigenvalue weighted by Gasteiger charge is -2.33. The van der Waals surface area contributed by atoms with Crippen LogP contribution in [-0.4, -0.2) is 24.9 Å². The van der Waals surface area contributed by atoms with Crippen molar-refractivity contribution in [3.05, 3.63) is 28.2 Å². The van der Waals surface area contributed by atoms with E-state index in [1.54, 1.807) is 7.05 Å². The minimum atomic E-state index is -0.379. The SMILES string of the molecule is Cc1cc(B2OCC(C)(C)CO2)cc2c1oc(=O)n2C. The molecule has 0 amide bonds. The van der Waals surface area contributed by atoms with Crippen molar-refractivity contribution in [2.75, 3.05) is 13.2 Å². The van der Waals surface area contributed by atoms with E-state index in [-0.39, 0.29) is 18.3 Å². The molecule has 1 saturated heterocycles. The van der Waals surface area contributed by atoms with Crippen LogP contribution in [0.2, 0.25) is 0 Å². The van der Waals surface area contributed by atoms with E-state index < -0.39 is 0 Å². The monoisotopic (exact) mass is 275 g/mol. The lowest BCUT2D eigenvalue weighted by Crippen LogP contribution is -2.47. The van der Waals surface area contributed by atoms with E-state index in [0.29, 0.717) is 18.8 Å². The van der Waals surface area contributed by atoms with Crippen molar-refractivity contribution in [1.82, 2.24) is 4.57 Å². The smallest absolute Gasteiger partial charge is 0.407 e. The molecule has 0 bridgehead atoms. The van der Waals surface area contributed by atoms with Crippen LogP contribution in [-0.2, 0) is 16.4 Å². The highest BCUT2D eigenvalue weighted by Gasteiger charge is 2.34. The van der Waals surface area contributed by atoms with Gasteiger partial charge >= 0.3 is 12.9 Å². The molecule has 3 rings (SSSR count). The number of aromatic nitrogens is 1. The predicted molar refractivity (Wildman–Crippen MR) is 77.3 cm³/mol. The number of benzene rings is 1. The molecule has 106 valence electrons. The van der Waals surface area contributed by atoms with Gasteiger partial charge in [-0.05, 0) is 24.0 Å². The van der Waals surface area contributed by atoms with Crippen LogP contribution in [0.25, 0.3) is 11.1 Å². The zero-order chi connectivity index (χ0) is 14.5. The van der Waals surface area contributed by atoms with Crippen molar-refractivity contribution in [3.8, 4) is 0 Å². The van der Waals surface area contributed by atoms with E-state index in [9.17, 15) is 4.79 Å². The van der Waals surface area contributed by atoms with Gasteiger partial charge in [-0.1, -0.05) is 19.9 Å². The average Bonchev–Trinajstić information content (AvgIpc) is 2.67. The largest absolute Gasteiger partial charge is 0.493 e. The Labute approximate surface area is 117 Å². The second-order valence-electron chi connectivity index (χ2n) is 6.23. The number of hydrogen-bond acceptors (Lipinski definition) is 4. The quantitative estimate of drug-likeness (QED) is 0.734. The summed E-state index contributed by atoms with van der Waals surface area (Å²) in [5.74, 6) is -0.355. The minimum absolute atomic E-state index is 0.0398. The van der Waals surface area contributed by atoms with Gasteiger partial charge in [0.1, 0.15) is 0 Å². The summed E-state index contributed by atoms with van der Waals surface area (Å²) in [7, 11) is 1.32. The Bertz CT molecular complexity index is 706. The fourth-order valence-electron chi connectivity index (χ4n) is 2.44. The molecule has 0 N–H and O–H groups in total. The molecular weight excluding hydrogens is 257 g/mol. The Balaban J connectivity index is 2.01. The summed E-state index contributed by atoms with van der Waals surface area (Å²) in [6.07, 6.45) is 0. The normalized spacial score (nSPS) is 18.7. The molecule has 0 atom stereocenters. The summed E-state index contributed by atoms with van der Waals surface area (Å²) in [6.45, 7) is 7.44. The summed E-state index contributed by atoms with van der Waals surface area (Å²) >= 11 is 0. The molecule has 2 aromatic rings. The van der Waals surface area contributed by atoms with Crippen LogP contribution >= 0.6 is 0 Å². The van der Waals surface area contributed by atoms with Gasteiger partial charge in [-0.15, -0.1) is 0 Å². The molecule has 1 aromatic heterocycles. The fourth-order valence-corrected chi connectivity index (χ4v) is 2.44. The molecule has 20 heavy (non-hydrogen) atoms. The van der Waals surface area contributed by atoms with Crippen LogP contribution < -0.4 is 11.2 Å². The van der Waals surface area contributed by atoms with Gasteiger partial charge in [-0.3, -0.25) is 4.57 Å². The fraction of sp³-hybridized carbons (Fsp3) is 0.500. The van der Waals surface area contributed by atoms with Crippen molar-refractivity contribution in [1.29, 1.82) is 0 Å². The van der Waals surface area contributed by atoms with Crippen molar-refractivity contribution < 1.29 is 13.7 Å². The molecule has 0 aliphatic carbocycles. The van der Waals surface area contributed by atoms with Gasteiger partial charge < -0.3 is 13.7 Å². The number of oxazole rings is 1. The van der Waals surface area contributed by atoms with Gasteiger partial charge in [-0.2, -0.15) is 0 Å². The van der Waals surface area contributed by atoms with Crippen LogP contribution in [0.1, 0.15) is 19.4 Å². The molecular formula is C14H18BNO4. The number of nitrogens with zero attached hydrogens (tertiary/aromatic N) is 1. The zero-order valence-electron chi connectivity index (χ0n) is 12.2. The zero-order valence-corrected chi connectivity index (χ0v) is 12.2. The number of hydrogen-bond donors (Lipinski definition) is 0. The molecule has 2 heterocycles. The van der Waals surface area contributed by atoms with E-state index in [4.69, 9.17) is 13.7 Å². The predicted octanol–water partition coefficient (Wildman–Crippen LogP) is 1.21. The summed E-state index contributed by atoms with van der Waals surface area (Å²) in [4.78, 5) is 11.6. The van der Waals surface area contributed by atoms with Crippen molar-refractivity contribution in [2.45, 2.75) is 20.8 Å². The maximum Gasteiger partial charge on any atom is 0.493 e. The van der Waals surface area contributed by atoms with E-state index in [0.717, 1.165) is 16.5 Å². The maximum absolute atomic E-state index is 11.6. The van der Waals surface area contributed by atoms with Gasteiger partial charge in [0.2, 0.25) is 0 Å². The van der Waals surface area contributed by atoms with Crippen LogP contribution in [0.3, 0.4) is 0 Å². The molecule has 1 aliphatic rings. The highest BCUT2D eigenvalue weighted by Crippen LogP contribution is 2.22. The van der Waals surface area contributed by atoms with Gasteiger partial charge in [0.15, 0.2) is 5.58 Å². The van der Waals surface area contributed by atoms with Crippen LogP contribution in [0.15, 0.2) is 21.3 Å². The van der Waals surface area contributed by atoms with Gasteiger partial charge in [-0.25, -0.2) is 4.79 Å². The Morgan fingerprint density at radius 3 is 2.55 bits per heavy atom. The molecule has 0 saturated carbocycles. The third-order valence-corrected chi connectivity index (χ3v) is 3.62. The van der Waals surface area contributed by atoms with Gasteiger partial charge in [0, 0.05) is 25.7 Å². The first-order valence-corrected chi connectivity index (χ1v) is 6.71. The topological polar surface area (TPSA) is 53.6 Å². The lowest BCUT2D eigenvalue weighted by atomic mass is 9.75. The van der Waals surface area contributed by atoms with E-state index in [2.05, 4.69) is 13.8 Å². The van der Waals surface area contributed by atoms with Crippen molar-refractivity contribution >= 4 is 23.7 Å². The van der Waals surface area contributed by atoms with Crippen molar-refractivity contribution in [2.24, 2.45) is 12.5 Å². The molecule has 0 unspecified atom stereocenters. The second-order valence-corrected chi connectivity index (χ2v) is 6.23. The third kappa shape index (κ3) is 2.19. The molecule has 1 aromatic carbocycles. The van der Waals surface area contributed by atoms with Gasteiger partial charge in [0.25, 0.3) is 0 Å². The highest BCUT2D eigenvalue weighted by atomic mass is 16.6. The number of rotatable bonds is 1. The summed E-state index contributed by atoms with van der Waals surface area (Å²) < 4.78 is 18.3. The van der Waals surface area contributed by atoms with Crippen LogP contribution in [0.5, 0.6) is 0 Å². The first kappa shape index (κ1) is 13.5. The maximum atomic E-state index is 11.6. The van der Waals surface area contributed by atoms with E-state index >= 15 is 0 Å². The molecule has 6 heteroatoms. The molecule has 1 fully saturated rings. The third-order valence-electron chi connectivity index (χ3n) is 3.62. The average molecular weight is 275 g/mol. The second kappa shape index (κ2) is 4.50. The molecule has 0 spiro atoms. The molecule has 0 radical (unpaired) electrons. The van der Waals surface area contributed by atoms with E-state index in [1.165, 1.54) is 4.57 Å². The summed E-state index contributed by atoms with van der Waals surface area (Å²) in [6, 6.07) is 3.85. The number of aryl methyl sites for hydroxylation is 2. The van der Waals surface area contributed by atoms with Crippen LogP contribution in [0, 0.1) is 12.3 Å². The Morgan fingerprint density at radius 2 is 1.90 bits per heavy atom. The molecule has 5 nitrogen and oxygen atoms in total. The minimum Gasteiger partial charge on any atom is -0.407 e. The van der Waals surface area contributed by atoms with E-state index in [1.807, 2.05) is 19.1 Å². The summed E-state index contributed by atoms with van der Waals surface area (Å²) in [5.41, 5.74) is 3.26. The van der Waals surface area contributed by atoms with Crippen molar-refractivity contribution in [3.63, 3.8) is 0 Å². The van der Waals surface area contributed by atoms with Crippen LogP contribution in [0.4, 0.5) is 0 Å². The first-order valence-electron chi connectivity index (χ1n) is 6.71. The summed E-state index contributed by atoms with van der Waals surface area (Å²) in [5, 5.41) is 0. The Kier molecular flexibility index (Phi) is 3.03. The molecule has 1 aliphatic heterocycles. The highest BCUT2D eigenvalue weighted by molar-refractivity contribution is 6.61. The van der Waals surface area contributed by atoms with Gasteiger partial charge in [0.05, 0.1) is 5.52 Å². The number of fused-ring (bicyclic) bond motifs is 1. The first-order chi connectivity index (χ1) is 9.37. The standard InChI is InChI=1S/C14H18BNO4/c1-9-5-10(15-18-7-14(2,3)8-19-15)6-11-12(9)20-13(17)16(11)4/h5-6H,7-8H2,1-4H3. The Morgan fingerprint density at radius 1 is 1.25 bits per heavy atom.